The van der Waals surface area contributed by atoms with Gasteiger partial charge in [-0.1, -0.05) is 0 Å². The summed E-state index contributed by atoms with van der Waals surface area (Å²) < 4.78 is 9.51. The number of hydrogen-bond donors (Lipinski definition) is 0. The molecule has 0 aliphatic heterocycles. The average molecular weight is 269 g/mol. The normalized spacial score (nSPS) is 8.43. The van der Waals surface area contributed by atoms with Crippen LogP contribution >= 0.6 is 38.9 Å². The molecule has 0 saturated carbocycles. The summed E-state index contributed by atoms with van der Waals surface area (Å²) in [5.74, 6) is 0. The molecule has 0 aromatic heterocycles. The minimum atomic E-state index is -3.22. The number of halogens is 3. The molecule has 0 aromatic carbocycles. The Labute approximate surface area is 77.4 Å². The van der Waals surface area contributed by atoms with Gasteiger partial charge in [-0.05, 0) is 33.7 Å². The minimum Gasteiger partial charge on any atom is -0.271 e. The summed E-state index contributed by atoms with van der Waals surface area (Å²) in [6, 6.07) is 0. The van der Waals surface area contributed by atoms with E-state index in [0.29, 0.717) is 0 Å². The van der Waals surface area contributed by atoms with Gasteiger partial charge in [-0.3, -0.25) is 4.57 Å². The molecule has 1 nitrogen and oxygen atoms in total. The van der Waals surface area contributed by atoms with Crippen LogP contribution in [-0.2, 0) is 39.0 Å². The van der Waals surface area contributed by atoms with Crippen LogP contribution in [0.4, 0.5) is 0 Å². The van der Waals surface area contributed by atoms with E-state index in [-0.39, 0.29) is 34.4 Å². The first-order chi connectivity index (χ1) is 2.00. The van der Waals surface area contributed by atoms with Gasteiger partial charge in [0.05, 0.1) is 0 Å². The Hall–Kier alpha value is 2.15. The second-order valence-electron chi connectivity index (χ2n) is 0.399. The third-order valence-electron chi connectivity index (χ3n) is 0. The molecule has 0 aliphatic carbocycles. The van der Waals surface area contributed by atoms with Crippen molar-refractivity contribution in [1.29, 1.82) is 0 Å². The first-order valence-corrected chi connectivity index (χ1v) is 5.11. The van der Waals surface area contributed by atoms with Gasteiger partial charge in [0, 0.05) is 34.4 Å². The molecular formula is Cl3CrCuOP. The van der Waals surface area contributed by atoms with Gasteiger partial charge >= 0.3 is 5.20 Å². The van der Waals surface area contributed by atoms with Crippen molar-refractivity contribution in [2.24, 2.45) is 0 Å². The standard InChI is InChI=1S/Cl3OP.Cr.Cu/c1-5(2,3)4;;. The maximum atomic E-state index is 9.51. The van der Waals surface area contributed by atoms with Crippen LogP contribution in [0.25, 0.3) is 0 Å². The Kier molecular flexibility index (Phi) is 14.4. The fourth-order valence-corrected chi connectivity index (χ4v) is 0. The predicted molar refractivity (Wildman–Crippen MR) is 25.2 cm³/mol. The van der Waals surface area contributed by atoms with Crippen LogP contribution in [0.5, 0.6) is 0 Å². The van der Waals surface area contributed by atoms with Crippen LogP contribution in [0.3, 0.4) is 0 Å². The Balaban J connectivity index is -0.0000000800. The maximum absolute atomic E-state index is 9.51. The summed E-state index contributed by atoms with van der Waals surface area (Å²) in [5.41, 5.74) is 0. The zero-order valence-electron chi connectivity index (χ0n) is 2.70. The first-order valence-electron chi connectivity index (χ1n) is 0.690. The van der Waals surface area contributed by atoms with E-state index in [9.17, 15) is 4.57 Å². The smallest absolute Gasteiger partial charge is 0.271 e. The van der Waals surface area contributed by atoms with E-state index in [1.807, 2.05) is 0 Å². The van der Waals surface area contributed by atoms with E-state index in [1.54, 1.807) is 0 Å². The van der Waals surface area contributed by atoms with Crippen molar-refractivity contribution in [3.8, 4) is 0 Å². The van der Waals surface area contributed by atoms with Crippen molar-refractivity contribution in [2.75, 3.05) is 0 Å². The molecule has 0 fully saturated rings. The molecule has 0 unspecified atom stereocenters. The maximum Gasteiger partial charge on any atom is 0.339 e. The zero-order valence-corrected chi connectivity index (χ0v) is 8.08. The molecule has 49 valence electrons. The zero-order chi connectivity index (χ0) is 4.50. The topological polar surface area (TPSA) is 17.1 Å². The number of hydrogen-bond acceptors (Lipinski definition) is 1. The molecule has 0 N–H and O–H groups in total. The van der Waals surface area contributed by atoms with Crippen LogP contribution in [0.2, 0.25) is 0 Å². The van der Waals surface area contributed by atoms with Crippen molar-refractivity contribution >= 4 is 38.9 Å². The molecule has 0 amide bonds. The van der Waals surface area contributed by atoms with Crippen molar-refractivity contribution < 1.29 is 39.0 Å². The molecule has 0 spiro atoms. The van der Waals surface area contributed by atoms with E-state index in [0.717, 1.165) is 0 Å². The molecule has 0 rings (SSSR count). The summed E-state index contributed by atoms with van der Waals surface area (Å²) in [6.07, 6.45) is 0. The van der Waals surface area contributed by atoms with Crippen molar-refractivity contribution in [3.05, 3.63) is 0 Å². The van der Waals surface area contributed by atoms with E-state index in [4.69, 9.17) is 0 Å². The van der Waals surface area contributed by atoms with Gasteiger partial charge in [-0.2, -0.15) is 0 Å². The predicted octanol–water partition coefficient (Wildman–Crippen LogP) is 2.81. The monoisotopic (exact) mass is 267 g/mol. The largest absolute Gasteiger partial charge is 0.339 e. The molecule has 0 bridgehead atoms. The van der Waals surface area contributed by atoms with Crippen LogP contribution < -0.4 is 0 Å². The van der Waals surface area contributed by atoms with Crippen molar-refractivity contribution in [1.82, 2.24) is 0 Å². The first kappa shape index (κ1) is 16.1. The molecule has 7 heteroatoms. The van der Waals surface area contributed by atoms with Crippen LogP contribution in [-0.4, -0.2) is 0 Å². The van der Waals surface area contributed by atoms with Gasteiger partial charge in [0.2, 0.25) is 0 Å². The quantitative estimate of drug-likeness (QED) is 0.488. The Bertz CT molecular complexity index is 61.1. The fourth-order valence-electron chi connectivity index (χ4n) is 0. The molecule has 0 saturated heterocycles. The van der Waals surface area contributed by atoms with E-state index in [1.165, 1.54) is 0 Å². The fraction of sp³-hybridized carbons (Fsp3) is 0. The molecule has 7 heavy (non-hydrogen) atoms. The SMILES string of the molecule is O=P(Cl)(Cl)Cl.[Cr].[Cu]. The van der Waals surface area contributed by atoms with Crippen LogP contribution in [0.15, 0.2) is 0 Å². The molecule has 0 aliphatic rings. The number of rotatable bonds is 0. The second-order valence-corrected chi connectivity index (χ2v) is 7.04. The summed E-state index contributed by atoms with van der Waals surface area (Å²) in [7, 11) is 0. The van der Waals surface area contributed by atoms with E-state index < -0.39 is 5.20 Å². The van der Waals surface area contributed by atoms with Gasteiger partial charge in [0.1, 0.15) is 0 Å². The van der Waals surface area contributed by atoms with Crippen LogP contribution in [0.1, 0.15) is 0 Å². The second kappa shape index (κ2) is 6.27. The Morgan fingerprint density at radius 1 is 1.14 bits per heavy atom. The minimum absolute atomic E-state index is 0. The Morgan fingerprint density at radius 3 is 1.14 bits per heavy atom. The van der Waals surface area contributed by atoms with Crippen molar-refractivity contribution in [2.45, 2.75) is 0 Å². The third kappa shape index (κ3) is 66.6. The average Bonchev–Trinajstić information content (AvgIpc) is 0.722. The summed E-state index contributed by atoms with van der Waals surface area (Å²) in [4.78, 5) is 0. The van der Waals surface area contributed by atoms with Gasteiger partial charge < -0.3 is 0 Å². The van der Waals surface area contributed by atoms with E-state index in [2.05, 4.69) is 33.7 Å². The van der Waals surface area contributed by atoms with Gasteiger partial charge in [-0.25, -0.2) is 0 Å². The molecular weight excluding hydrogens is 269 g/mol. The van der Waals surface area contributed by atoms with Crippen molar-refractivity contribution in [3.63, 3.8) is 0 Å². The Morgan fingerprint density at radius 2 is 1.14 bits per heavy atom. The molecule has 1 radical (unpaired) electrons. The van der Waals surface area contributed by atoms with Gasteiger partial charge in [-0.15, -0.1) is 0 Å². The summed E-state index contributed by atoms with van der Waals surface area (Å²) in [5, 5.41) is -3.22. The summed E-state index contributed by atoms with van der Waals surface area (Å²) in [6.45, 7) is 0. The van der Waals surface area contributed by atoms with E-state index >= 15 is 0 Å². The third-order valence-corrected chi connectivity index (χ3v) is 0. The van der Waals surface area contributed by atoms with Gasteiger partial charge in [0.15, 0.2) is 0 Å². The molecule has 0 aromatic rings. The summed E-state index contributed by atoms with van der Waals surface area (Å²) >= 11 is 13.8. The molecule has 0 atom stereocenters. The van der Waals surface area contributed by atoms with Gasteiger partial charge in [0.25, 0.3) is 0 Å². The van der Waals surface area contributed by atoms with Crippen LogP contribution in [0, 0.1) is 0 Å². The molecule has 0 heterocycles.